The monoisotopic (exact) mass is 319 g/mol. The molecule has 0 unspecified atom stereocenters. The van der Waals surface area contributed by atoms with Gasteiger partial charge in [0.1, 0.15) is 0 Å². The van der Waals surface area contributed by atoms with Gasteiger partial charge in [-0.05, 0) is 11.1 Å². The van der Waals surface area contributed by atoms with Crippen molar-refractivity contribution in [3.8, 4) is 0 Å². The number of hydrogen-bond donors (Lipinski definition) is 2. The van der Waals surface area contributed by atoms with Crippen LogP contribution in [-0.2, 0) is 14.9 Å². The Labute approximate surface area is 129 Å². The van der Waals surface area contributed by atoms with Gasteiger partial charge >= 0.3 is 0 Å². The van der Waals surface area contributed by atoms with E-state index in [1.165, 1.54) is 0 Å². The number of hydrogen-bond acceptors (Lipinski definition) is 3. The number of carbonyl (C=O) groups is 1. The molecule has 0 saturated heterocycles. The quantitative estimate of drug-likeness (QED) is 0.796. The second-order valence-electron chi connectivity index (χ2n) is 4.83. The summed E-state index contributed by atoms with van der Waals surface area (Å²) in [6.07, 6.45) is 0. The Hall–Kier alpha value is -2.18. The van der Waals surface area contributed by atoms with Crippen LogP contribution in [0, 0.1) is 0 Å². The summed E-state index contributed by atoms with van der Waals surface area (Å²) in [5.74, 6) is -1.33. The zero-order chi connectivity index (χ0) is 16.0. The molecule has 2 aromatic rings. The minimum Gasteiger partial charge on any atom is -0.354 e. The van der Waals surface area contributed by atoms with E-state index >= 15 is 0 Å². The Bertz CT molecular complexity index is 675. The lowest BCUT2D eigenvalue weighted by Crippen LogP contribution is -2.33. The topological polar surface area (TPSA) is 83.5 Å². The third kappa shape index (κ3) is 4.68. The summed E-state index contributed by atoms with van der Waals surface area (Å²) in [7, 11) is -4.09. The van der Waals surface area contributed by atoms with Gasteiger partial charge in [-0.1, -0.05) is 60.7 Å². The first-order valence-electron chi connectivity index (χ1n) is 6.80. The largest absolute Gasteiger partial charge is 0.354 e. The minimum absolute atomic E-state index is 0.131. The molecule has 22 heavy (non-hydrogen) atoms. The van der Waals surface area contributed by atoms with Gasteiger partial charge in [-0.2, -0.15) is 8.42 Å². The molecule has 0 heterocycles. The molecule has 116 valence electrons. The first-order chi connectivity index (χ1) is 10.5. The van der Waals surface area contributed by atoms with Crippen molar-refractivity contribution in [1.29, 1.82) is 0 Å². The minimum atomic E-state index is -4.09. The Morgan fingerprint density at radius 3 is 1.82 bits per heavy atom. The molecule has 0 aromatic heterocycles. The summed E-state index contributed by atoms with van der Waals surface area (Å²) in [6.45, 7) is -0.131. The lowest BCUT2D eigenvalue weighted by molar-refractivity contribution is -0.121. The van der Waals surface area contributed by atoms with Crippen LogP contribution in [-0.4, -0.2) is 31.2 Å². The van der Waals surface area contributed by atoms with Crippen molar-refractivity contribution < 1.29 is 17.8 Å². The summed E-state index contributed by atoms with van der Waals surface area (Å²) in [4.78, 5) is 12.4. The molecule has 1 amide bonds. The highest BCUT2D eigenvalue weighted by atomic mass is 32.2. The fourth-order valence-corrected chi connectivity index (χ4v) is 2.55. The van der Waals surface area contributed by atoms with Crippen molar-refractivity contribution in [2.24, 2.45) is 0 Å². The van der Waals surface area contributed by atoms with Crippen molar-refractivity contribution >= 4 is 16.0 Å². The molecule has 2 N–H and O–H groups in total. The zero-order valence-electron chi connectivity index (χ0n) is 11.8. The summed E-state index contributed by atoms with van der Waals surface area (Å²) in [5.41, 5.74) is 1.64. The van der Waals surface area contributed by atoms with Crippen LogP contribution in [0.25, 0.3) is 0 Å². The SMILES string of the molecule is O=C(NCCS(=O)(=O)O)C(c1ccccc1)c1ccccc1. The zero-order valence-corrected chi connectivity index (χ0v) is 12.7. The Morgan fingerprint density at radius 2 is 1.41 bits per heavy atom. The number of amides is 1. The molecular formula is C16H17NO4S. The molecule has 6 heteroatoms. The van der Waals surface area contributed by atoms with Gasteiger partial charge in [0.2, 0.25) is 5.91 Å². The van der Waals surface area contributed by atoms with Crippen LogP contribution >= 0.6 is 0 Å². The Morgan fingerprint density at radius 1 is 0.955 bits per heavy atom. The average Bonchev–Trinajstić information content (AvgIpc) is 2.48. The van der Waals surface area contributed by atoms with E-state index in [1.807, 2.05) is 60.7 Å². The maximum absolute atomic E-state index is 12.4. The lowest BCUT2D eigenvalue weighted by Gasteiger charge is -2.17. The maximum Gasteiger partial charge on any atom is 0.266 e. The fourth-order valence-electron chi connectivity index (χ4n) is 2.19. The smallest absolute Gasteiger partial charge is 0.266 e. The van der Waals surface area contributed by atoms with Gasteiger partial charge in [-0.3, -0.25) is 9.35 Å². The Kier molecular flexibility index (Phi) is 5.30. The molecule has 5 nitrogen and oxygen atoms in total. The summed E-state index contributed by atoms with van der Waals surface area (Å²) in [5, 5.41) is 2.56. The van der Waals surface area contributed by atoms with Crippen molar-refractivity contribution in [2.45, 2.75) is 5.92 Å². The summed E-state index contributed by atoms with van der Waals surface area (Å²) in [6, 6.07) is 18.5. The number of benzene rings is 2. The molecular weight excluding hydrogens is 302 g/mol. The van der Waals surface area contributed by atoms with Crippen LogP contribution in [0.1, 0.15) is 17.0 Å². The molecule has 2 rings (SSSR count). The van der Waals surface area contributed by atoms with E-state index in [9.17, 15) is 13.2 Å². The highest BCUT2D eigenvalue weighted by molar-refractivity contribution is 7.85. The van der Waals surface area contributed by atoms with Crippen LogP contribution in [0.15, 0.2) is 60.7 Å². The summed E-state index contributed by atoms with van der Waals surface area (Å²) >= 11 is 0. The van der Waals surface area contributed by atoms with E-state index in [0.29, 0.717) is 0 Å². The normalized spacial score (nSPS) is 11.4. The van der Waals surface area contributed by atoms with Gasteiger partial charge in [0.25, 0.3) is 10.1 Å². The van der Waals surface area contributed by atoms with Crippen LogP contribution < -0.4 is 5.32 Å². The highest BCUT2D eigenvalue weighted by Crippen LogP contribution is 2.24. The van der Waals surface area contributed by atoms with Crippen molar-refractivity contribution in [3.63, 3.8) is 0 Å². The summed E-state index contributed by atoms with van der Waals surface area (Å²) < 4.78 is 30.2. The molecule has 0 saturated carbocycles. The van der Waals surface area contributed by atoms with E-state index in [4.69, 9.17) is 4.55 Å². The van der Waals surface area contributed by atoms with Crippen LogP contribution in [0.4, 0.5) is 0 Å². The van der Waals surface area contributed by atoms with Crippen LogP contribution in [0.3, 0.4) is 0 Å². The number of carbonyl (C=O) groups excluding carboxylic acids is 1. The molecule has 0 aliphatic rings. The van der Waals surface area contributed by atoms with Gasteiger partial charge in [0, 0.05) is 6.54 Å². The molecule has 0 aliphatic heterocycles. The average molecular weight is 319 g/mol. The second kappa shape index (κ2) is 7.20. The van der Waals surface area contributed by atoms with Gasteiger partial charge in [-0.25, -0.2) is 0 Å². The standard InChI is InChI=1S/C16H17NO4S/c18-16(17-11-12-22(19,20)21)15(13-7-3-1-4-8-13)14-9-5-2-6-10-14/h1-10,15H,11-12H2,(H,17,18)(H,19,20,21). The molecule has 0 atom stereocenters. The molecule has 2 aromatic carbocycles. The predicted molar refractivity (Wildman–Crippen MR) is 84.2 cm³/mol. The third-order valence-electron chi connectivity index (χ3n) is 3.19. The van der Waals surface area contributed by atoms with Gasteiger partial charge in [0.05, 0.1) is 11.7 Å². The van der Waals surface area contributed by atoms with Crippen LogP contribution in [0.2, 0.25) is 0 Å². The van der Waals surface area contributed by atoms with E-state index in [0.717, 1.165) is 11.1 Å². The van der Waals surface area contributed by atoms with Crippen molar-refractivity contribution in [1.82, 2.24) is 5.32 Å². The molecule has 0 radical (unpaired) electrons. The van der Waals surface area contributed by atoms with E-state index in [2.05, 4.69) is 5.32 Å². The molecule has 0 aliphatic carbocycles. The maximum atomic E-state index is 12.4. The third-order valence-corrected chi connectivity index (χ3v) is 3.91. The number of rotatable bonds is 6. The van der Waals surface area contributed by atoms with Gasteiger partial charge in [0.15, 0.2) is 0 Å². The predicted octanol–water partition coefficient (Wildman–Crippen LogP) is 1.82. The molecule has 0 spiro atoms. The molecule has 0 bridgehead atoms. The first kappa shape index (κ1) is 16.2. The Balaban J connectivity index is 2.20. The lowest BCUT2D eigenvalue weighted by atomic mass is 9.90. The van der Waals surface area contributed by atoms with E-state index in [-0.39, 0.29) is 12.5 Å². The van der Waals surface area contributed by atoms with Gasteiger partial charge < -0.3 is 5.32 Å². The fraction of sp³-hybridized carbons (Fsp3) is 0.188. The highest BCUT2D eigenvalue weighted by Gasteiger charge is 2.22. The van der Waals surface area contributed by atoms with E-state index in [1.54, 1.807) is 0 Å². The van der Waals surface area contributed by atoms with Crippen molar-refractivity contribution in [3.05, 3.63) is 71.8 Å². The number of nitrogens with one attached hydrogen (secondary N) is 1. The van der Waals surface area contributed by atoms with E-state index < -0.39 is 21.8 Å². The van der Waals surface area contributed by atoms with Crippen molar-refractivity contribution in [2.75, 3.05) is 12.3 Å². The second-order valence-corrected chi connectivity index (χ2v) is 6.40. The molecule has 0 fully saturated rings. The van der Waals surface area contributed by atoms with Gasteiger partial charge in [-0.15, -0.1) is 0 Å². The first-order valence-corrected chi connectivity index (χ1v) is 8.41. The van der Waals surface area contributed by atoms with Crippen LogP contribution in [0.5, 0.6) is 0 Å².